The van der Waals surface area contributed by atoms with Crippen LogP contribution in [-0.2, 0) is 11.3 Å². The SMILES string of the molecule is O=C(CCN1CCCCC1CNC(=O)Nc1ccccc1)NC(=O)NCc1ccccc1. The fourth-order valence-electron chi connectivity index (χ4n) is 3.75. The van der Waals surface area contributed by atoms with Crippen molar-refractivity contribution in [2.45, 2.75) is 38.3 Å². The summed E-state index contributed by atoms with van der Waals surface area (Å²) in [5.74, 6) is -0.310. The maximum atomic E-state index is 12.2. The number of imide groups is 1. The van der Waals surface area contributed by atoms with Gasteiger partial charge in [0.15, 0.2) is 0 Å². The minimum Gasteiger partial charge on any atom is -0.336 e. The monoisotopic (exact) mass is 437 g/mol. The van der Waals surface area contributed by atoms with E-state index in [-0.39, 0.29) is 24.4 Å². The molecule has 5 amide bonds. The predicted molar refractivity (Wildman–Crippen MR) is 124 cm³/mol. The van der Waals surface area contributed by atoms with E-state index in [2.05, 4.69) is 26.2 Å². The molecule has 0 aromatic heterocycles. The molecule has 1 unspecified atom stereocenters. The van der Waals surface area contributed by atoms with E-state index in [1.807, 2.05) is 60.7 Å². The van der Waals surface area contributed by atoms with Crippen molar-refractivity contribution in [1.29, 1.82) is 0 Å². The van der Waals surface area contributed by atoms with Gasteiger partial charge in [0.05, 0.1) is 0 Å². The van der Waals surface area contributed by atoms with Crippen LogP contribution in [0.5, 0.6) is 0 Å². The Morgan fingerprint density at radius 2 is 1.59 bits per heavy atom. The number of carbonyl (C=O) groups excluding carboxylic acids is 3. The number of nitrogens with one attached hydrogen (secondary N) is 4. The van der Waals surface area contributed by atoms with Gasteiger partial charge in [0.1, 0.15) is 0 Å². The molecule has 0 saturated carbocycles. The van der Waals surface area contributed by atoms with Crippen molar-refractivity contribution in [2.24, 2.45) is 0 Å². The van der Waals surface area contributed by atoms with E-state index >= 15 is 0 Å². The largest absolute Gasteiger partial charge is 0.336 e. The van der Waals surface area contributed by atoms with Gasteiger partial charge in [0.25, 0.3) is 0 Å². The zero-order valence-corrected chi connectivity index (χ0v) is 18.2. The Labute approximate surface area is 188 Å². The summed E-state index contributed by atoms with van der Waals surface area (Å²) >= 11 is 0. The van der Waals surface area contributed by atoms with Gasteiger partial charge < -0.3 is 16.0 Å². The van der Waals surface area contributed by atoms with Crippen LogP contribution in [0.15, 0.2) is 60.7 Å². The minimum absolute atomic E-state index is 0.171. The van der Waals surface area contributed by atoms with E-state index in [1.54, 1.807) is 0 Å². The number of para-hydroxylation sites is 1. The molecule has 8 nitrogen and oxygen atoms in total. The van der Waals surface area contributed by atoms with Gasteiger partial charge in [-0.2, -0.15) is 0 Å². The van der Waals surface area contributed by atoms with Crippen LogP contribution in [0.3, 0.4) is 0 Å². The molecule has 1 atom stereocenters. The molecule has 2 aromatic rings. The summed E-state index contributed by atoms with van der Waals surface area (Å²) in [5, 5.41) is 10.8. The summed E-state index contributed by atoms with van der Waals surface area (Å²) in [7, 11) is 0. The first kappa shape index (κ1) is 23.3. The number of urea groups is 2. The van der Waals surface area contributed by atoms with Crippen molar-refractivity contribution >= 4 is 23.7 Å². The first-order chi connectivity index (χ1) is 15.6. The summed E-state index contributed by atoms with van der Waals surface area (Å²) in [6.07, 6.45) is 3.35. The highest BCUT2D eigenvalue weighted by molar-refractivity contribution is 5.94. The zero-order valence-electron chi connectivity index (χ0n) is 18.2. The van der Waals surface area contributed by atoms with Gasteiger partial charge in [-0.05, 0) is 37.1 Å². The van der Waals surface area contributed by atoms with Crippen LogP contribution >= 0.6 is 0 Å². The van der Waals surface area contributed by atoms with E-state index < -0.39 is 6.03 Å². The van der Waals surface area contributed by atoms with Crippen molar-refractivity contribution in [3.8, 4) is 0 Å². The Bertz CT molecular complexity index is 876. The van der Waals surface area contributed by atoms with Crippen LogP contribution < -0.4 is 21.3 Å². The van der Waals surface area contributed by atoms with E-state index in [1.165, 1.54) is 0 Å². The average Bonchev–Trinajstić information content (AvgIpc) is 2.82. The number of piperidine rings is 1. The quantitative estimate of drug-likeness (QED) is 0.510. The molecule has 3 rings (SSSR count). The molecule has 4 N–H and O–H groups in total. The Balaban J connectivity index is 1.37. The van der Waals surface area contributed by atoms with E-state index in [0.717, 1.165) is 37.1 Å². The first-order valence-corrected chi connectivity index (χ1v) is 11.1. The van der Waals surface area contributed by atoms with E-state index in [0.29, 0.717) is 19.6 Å². The lowest BCUT2D eigenvalue weighted by molar-refractivity contribution is -0.120. The maximum Gasteiger partial charge on any atom is 0.321 e. The third-order valence-electron chi connectivity index (χ3n) is 5.45. The molecule has 1 aliphatic rings. The highest BCUT2D eigenvalue weighted by Crippen LogP contribution is 2.17. The molecular weight excluding hydrogens is 406 g/mol. The summed E-state index contributed by atoms with van der Waals surface area (Å²) in [6, 6.07) is 18.3. The second-order valence-corrected chi connectivity index (χ2v) is 7.85. The highest BCUT2D eigenvalue weighted by atomic mass is 16.2. The van der Waals surface area contributed by atoms with Gasteiger partial charge in [-0.3, -0.25) is 15.0 Å². The Hall–Kier alpha value is -3.39. The van der Waals surface area contributed by atoms with Crippen molar-refractivity contribution in [3.05, 3.63) is 66.2 Å². The zero-order chi connectivity index (χ0) is 22.6. The Morgan fingerprint density at radius 3 is 2.34 bits per heavy atom. The molecule has 170 valence electrons. The first-order valence-electron chi connectivity index (χ1n) is 11.1. The Morgan fingerprint density at radius 1 is 0.875 bits per heavy atom. The molecule has 32 heavy (non-hydrogen) atoms. The summed E-state index contributed by atoms with van der Waals surface area (Å²) < 4.78 is 0. The number of nitrogens with zero attached hydrogens (tertiary/aromatic N) is 1. The fraction of sp³-hybridized carbons (Fsp3) is 0.375. The second-order valence-electron chi connectivity index (χ2n) is 7.85. The van der Waals surface area contributed by atoms with Crippen molar-refractivity contribution < 1.29 is 14.4 Å². The van der Waals surface area contributed by atoms with Crippen molar-refractivity contribution in [1.82, 2.24) is 20.9 Å². The van der Waals surface area contributed by atoms with Gasteiger partial charge in [0.2, 0.25) is 5.91 Å². The number of hydrogen-bond acceptors (Lipinski definition) is 4. The molecule has 8 heteroatoms. The second kappa shape index (κ2) is 12.5. The number of hydrogen-bond donors (Lipinski definition) is 4. The van der Waals surface area contributed by atoms with Crippen LogP contribution in [0.1, 0.15) is 31.2 Å². The Kier molecular flexibility index (Phi) is 9.06. The topological polar surface area (TPSA) is 103 Å². The molecule has 1 aliphatic heterocycles. The predicted octanol–water partition coefficient (Wildman–Crippen LogP) is 3.08. The van der Waals surface area contributed by atoms with E-state index in [4.69, 9.17) is 0 Å². The van der Waals surface area contributed by atoms with Gasteiger partial charge in [-0.1, -0.05) is 55.0 Å². The molecule has 1 heterocycles. The third-order valence-corrected chi connectivity index (χ3v) is 5.45. The van der Waals surface area contributed by atoms with Gasteiger partial charge >= 0.3 is 12.1 Å². The smallest absolute Gasteiger partial charge is 0.321 e. The number of rotatable bonds is 8. The number of carbonyl (C=O) groups is 3. The highest BCUT2D eigenvalue weighted by Gasteiger charge is 2.23. The lowest BCUT2D eigenvalue weighted by Crippen LogP contribution is -2.48. The van der Waals surface area contributed by atoms with Crippen LogP contribution in [0.25, 0.3) is 0 Å². The van der Waals surface area contributed by atoms with Crippen molar-refractivity contribution in [2.75, 3.05) is 25.0 Å². The molecule has 1 fully saturated rings. The summed E-state index contributed by atoms with van der Waals surface area (Å²) in [6.45, 7) is 2.30. The molecule has 0 radical (unpaired) electrons. The summed E-state index contributed by atoms with van der Waals surface area (Å²) in [4.78, 5) is 38.5. The molecule has 0 spiro atoms. The van der Waals surface area contributed by atoms with Crippen LogP contribution in [0, 0.1) is 0 Å². The molecular formula is C24H31N5O3. The van der Waals surface area contributed by atoms with Crippen LogP contribution in [-0.4, -0.2) is 48.5 Å². The minimum atomic E-state index is -0.492. The average molecular weight is 438 g/mol. The molecule has 2 aromatic carbocycles. The normalized spacial score (nSPS) is 16.1. The standard InChI is InChI=1S/C24H31N5O3/c30-22(28-24(32)25-17-19-9-3-1-4-10-19)14-16-29-15-8-7-13-21(29)18-26-23(31)27-20-11-5-2-6-12-20/h1-6,9-12,21H,7-8,13-18H2,(H2,26,27,31)(H2,25,28,30,32). The lowest BCUT2D eigenvalue weighted by atomic mass is 10.0. The van der Waals surface area contributed by atoms with E-state index in [9.17, 15) is 14.4 Å². The van der Waals surface area contributed by atoms with Crippen molar-refractivity contribution in [3.63, 3.8) is 0 Å². The number of likely N-dealkylation sites (tertiary alicyclic amines) is 1. The fourth-order valence-corrected chi connectivity index (χ4v) is 3.75. The molecule has 1 saturated heterocycles. The lowest BCUT2D eigenvalue weighted by Gasteiger charge is -2.35. The number of anilines is 1. The van der Waals surface area contributed by atoms with Gasteiger partial charge in [-0.15, -0.1) is 0 Å². The number of amides is 5. The third kappa shape index (κ3) is 8.03. The summed E-state index contributed by atoms with van der Waals surface area (Å²) in [5.41, 5.74) is 1.71. The van der Waals surface area contributed by atoms with Gasteiger partial charge in [-0.25, -0.2) is 9.59 Å². The van der Waals surface area contributed by atoms with Gasteiger partial charge in [0, 0.05) is 37.8 Å². The molecule has 0 bridgehead atoms. The van der Waals surface area contributed by atoms with Crippen LogP contribution in [0.4, 0.5) is 15.3 Å². The maximum absolute atomic E-state index is 12.2. The number of benzene rings is 2. The molecule has 0 aliphatic carbocycles. The van der Waals surface area contributed by atoms with Crippen LogP contribution in [0.2, 0.25) is 0 Å².